The summed E-state index contributed by atoms with van der Waals surface area (Å²) in [4.78, 5) is 11.8. The third kappa shape index (κ3) is 2.04. The number of benzene rings is 1. The minimum atomic E-state index is -0.413. The molecule has 96 valence electrons. The number of thiophene rings is 1. The average Bonchev–Trinajstić information content (AvgIpc) is 2.66. The van der Waals surface area contributed by atoms with Crippen LogP contribution in [0.4, 0.5) is 11.4 Å². The molecule has 0 aliphatic carbocycles. The first-order valence-electron chi connectivity index (χ1n) is 5.50. The monoisotopic (exact) mass is 273 g/mol. The maximum atomic E-state index is 11.1. The molecule has 0 bridgehead atoms. The summed E-state index contributed by atoms with van der Waals surface area (Å²) < 4.78 is 0. The Hall–Kier alpha value is -2.39. The molecule has 1 heterocycles. The van der Waals surface area contributed by atoms with Crippen molar-refractivity contribution >= 4 is 22.7 Å². The number of nitrogens with zero attached hydrogens (tertiary/aromatic N) is 2. The van der Waals surface area contributed by atoms with Crippen molar-refractivity contribution in [2.24, 2.45) is 0 Å². The number of hydrogen-bond acceptors (Lipinski definition) is 5. The molecular formula is C13H11N3O2S. The van der Waals surface area contributed by atoms with Gasteiger partial charge >= 0.3 is 0 Å². The number of hydrogen-bond donors (Lipinski definition) is 1. The van der Waals surface area contributed by atoms with Crippen LogP contribution in [0, 0.1) is 35.3 Å². The summed E-state index contributed by atoms with van der Waals surface area (Å²) in [7, 11) is 0. The Morgan fingerprint density at radius 2 is 2.11 bits per heavy atom. The molecule has 0 fully saturated rings. The van der Waals surface area contributed by atoms with Gasteiger partial charge in [0.2, 0.25) is 0 Å². The molecule has 1 aromatic carbocycles. The molecule has 0 unspecified atom stereocenters. The minimum Gasteiger partial charge on any atom is -0.397 e. The summed E-state index contributed by atoms with van der Waals surface area (Å²) in [6, 6.07) is 6.94. The lowest BCUT2D eigenvalue weighted by atomic mass is 10.0. The molecule has 2 aromatic rings. The van der Waals surface area contributed by atoms with Crippen molar-refractivity contribution < 1.29 is 4.92 Å². The number of nitro groups is 1. The quantitative estimate of drug-likeness (QED) is 0.670. The molecule has 6 heteroatoms. The predicted molar refractivity (Wildman–Crippen MR) is 75.0 cm³/mol. The van der Waals surface area contributed by atoms with Crippen LogP contribution in [-0.2, 0) is 0 Å². The van der Waals surface area contributed by atoms with E-state index in [1.807, 2.05) is 19.1 Å². The Kier molecular flexibility index (Phi) is 3.23. The van der Waals surface area contributed by atoms with E-state index in [9.17, 15) is 10.1 Å². The Bertz CT molecular complexity index is 713. The molecule has 1 aromatic heterocycles. The maximum absolute atomic E-state index is 11.1. The van der Waals surface area contributed by atoms with E-state index >= 15 is 0 Å². The molecule has 0 aliphatic heterocycles. The first-order chi connectivity index (χ1) is 8.97. The number of anilines is 1. The number of nitro benzene ring substituents is 1. The SMILES string of the molecule is Cc1cccc([N+](=O)[O-])c1-c1sc(C#N)c(N)c1C. The Morgan fingerprint density at radius 3 is 2.63 bits per heavy atom. The average molecular weight is 273 g/mol. The van der Waals surface area contributed by atoms with Gasteiger partial charge in [-0.2, -0.15) is 5.26 Å². The number of rotatable bonds is 2. The molecule has 0 atom stereocenters. The topological polar surface area (TPSA) is 93.0 Å². The van der Waals surface area contributed by atoms with Crippen LogP contribution in [0.25, 0.3) is 10.4 Å². The number of nitrogen functional groups attached to an aromatic ring is 1. The fourth-order valence-corrected chi connectivity index (χ4v) is 3.09. The molecule has 0 amide bonds. The van der Waals surface area contributed by atoms with Gasteiger partial charge in [0.15, 0.2) is 0 Å². The fourth-order valence-electron chi connectivity index (χ4n) is 1.95. The lowest BCUT2D eigenvalue weighted by Gasteiger charge is -2.05. The van der Waals surface area contributed by atoms with Gasteiger partial charge in [-0.1, -0.05) is 12.1 Å². The van der Waals surface area contributed by atoms with Gasteiger partial charge in [-0.25, -0.2) is 0 Å². The Balaban J connectivity index is 2.80. The van der Waals surface area contributed by atoms with Gasteiger partial charge in [-0.3, -0.25) is 10.1 Å². The van der Waals surface area contributed by atoms with Crippen molar-refractivity contribution in [3.8, 4) is 16.5 Å². The van der Waals surface area contributed by atoms with Gasteiger partial charge in [0.05, 0.1) is 16.2 Å². The van der Waals surface area contributed by atoms with Crippen LogP contribution in [0.3, 0.4) is 0 Å². The molecule has 19 heavy (non-hydrogen) atoms. The second-order valence-electron chi connectivity index (χ2n) is 4.14. The maximum Gasteiger partial charge on any atom is 0.278 e. The second kappa shape index (κ2) is 4.71. The van der Waals surface area contributed by atoms with Crippen LogP contribution in [0.15, 0.2) is 18.2 Å². The largest absolute Gasteiger partial charge is 0.397 e. The van der Waals surface area contributed by atoms with E-state index in [0.29, 0.717) is 21.0 Å². The van der Waals surface area contributed by atoms with E-state index < -0.39 is 4.92 Å². The number of nitrogens with two attached hydrogens (primary N) is 1. The zero-order valence-corrected chi connectivity index (χ0v) is 11.2. The number of nitriles is 1. The van der Waals surface area contributed by atoms with E-state index in [-0.39, 0.29) is 5.69 Å². The van der Waals surface area contributed by atoms with Crippen molar-refractivity contribution in [1.29, 1.82) is 5.26 Å². The normalized spacial score (nSPS) is 10.2. The molecule has 2 rings (SSSR count). The standard InChI is InChI=1S/C13H11N3O2S/c1-7-4-3-5-9(16(17)18)11(7)13-8(2)12(15)10(6-14)19-13/h3-5H,15H2,1-2H3. The van der Waals surface area contributed by atoms with Crippen LogP contribution in [0.5, 0.6) is 0 Å². The van der Waals surface area contributed by atoms with Crippen molar-refractivity contribution in [3.05, 3.63) is 44.3 Å². The third-order valence-electron chi connectivity index (χ3n) is 2.97. The first kappa shape index (κ1) is 13.1. The van der Waals surface area contributed by atoms with Gasteiger partial charge in [-0.15, -0.1) is 11.3 Å². The summed E-state index contributed by atoms with van der Waals surface area (Å²) in [6.07, 6.45) is 0. The van der Waals surface area contributed by atoms with Gasteiger partial charge in [-0.05, 0) is 25.0 Å². The summed E-state index contributed by atoms with van der Waals surface area (Å²) in [5.41, 5.74) is 8.34. The molecule has 0 saturated carbocycles. The molecule has 0 radical (unpaired) electrons. The highest BCUT2D eigenvalue weighted by Crippen LogP contribution is 2.42. The zero-order valence-electron chi connectivity index (χ0n) is 10.4. The Morgan fingerprint density at radius 1 is 1.42 bits per heavy atom. The lowest BCUT2D eigenvalue weighted by molar-refractivity contribution is -0.384. The molecule has 2 N–H and O–H groups in total. The molecule has 0 spiro atoms. The van der Waals surface area contributed by atoms with E-state index in [1.165, 1.54) is 17.4 Å². The predicted octanol–water partition coefficient (Wildman–Crippen LogP) is 3.39. The van der Waals surface area contributed by atoms with Crippen molar-refractivity contribution in [2.75, 3.05) is 5.73 Å². The number of aryl methyl sites for hydroxylation is 1. The first-order valence-corrected chi connectivity index (χ1v) is 6.32. The zero-order chi connectivity index (χ0) is 14.2. The van der Waals surface area contributed by atoms with Crippen LogP contribution in [-0.4, -0.2) is 4.92 Å². The van der Waals surface area contributed by atoms with Gasteiger partial charge < -0.3 is 5.73 Å². The summed E-state index contributed by atoms with van der Waals surface area (Å²) in [5.74, 6) is 0. The van der Waals surface area contributed by atoms with Gasteiger partial charge in [0, 0.05) is 10.9 Å². The minimum absolute atomic E-state index is 0.0360. The molecule has 0 saturated heterocycles. The van der Waals surface area contributed by atoms with Crippen LogP contribution in [0.1, 0.15) is 16.0 Å². The summed E-state index contributed by atoms with van der Waals surface area (Å²) in [6.45, 7) is 3.59. The van der Waals surface area contributed by atoms with Crippen LogP contribution in [0.2, 0.25) is 0 Å². The molecular weight excluding hydrogens is 262 g/mol. The highest BCUT2D eigenvalue weighted by molar-refractivity contribution is 7.16. The fraction of sp³-hybridized carbons (Fsp3) is 0.154. The van der Waals surface area contributed by atoms with Gasteiger partial charge in [0.25, 0.3) is 5.69 Å². The van der Waals surface area contributed by atoms with Crippen LogP contribution >= 0.6 is 11.3 Å². The van der Waals surface area contributed by atoms with Crippen molar-refractivity contribution in [2.45, 2.75) is 13.8 Å². The lowest BCUT2D eigenvalue weighted by Crippen LogP contribution is -1.94. The van der Waals surface area contributed by atoms with E-state index in [2.05, 4.69) is 0 Å². The van der Waals surface area contributed by atoms with Crippen molar-refractivity contribution in [3.63, 3.8) is 0 Å². The van der Waals surface area contributed by atoms with E-state index in [1.54, 1.807) is 13.0 Å². The third-order valence-corrected chi connectivity index (χ3v) is 4.20. The van der Waals surface area contributed by atoms with Gasteiger partial charge in [0.1, 0.15) is 10.9 Å². The summed E-state index contributed by atoms with van der Waals surface area (Å²) in [5, 5.41) is 20.1. The highest BCUT2D eigenvalue weighted by Gasteiger charge is 2.23. The molecule has 5 nitrogen and oxygen atoms in total. The van der Waals surface area contributed by atoms with Crippen molar-refractivity contribution in [1.82, 2.24) is 0 Å². The van der Waals surface area contributed by atoms with E-state index in [0.717, 1.165) is 11.1 Å². The smallest absolute Gasteiger partial charge is 0.278 e. The molecule has 0 aliphatic rings. The summed E-state index contributed by atoms with van der Waals surface area (Å²) >= 11 is 1.19. The van der Waals surface area contributed by atoms with Crippen LogP contribution < -0.4 is 5.73 Å². The second-order valence-corrected chi connectivity index (χ2v) is 5.16. The Labute approximate surface area is 114 Å². The highest BCUT2D eigenvalue weighted by atomic mass is 32.1. The van der Waals surface area contributed by atoms with E-state index in [4.69, 9.17) is 11.0 Å².